The van der Waals surface area contributed by atoms with Crippen LogP contribution in [0.25, 0.3) is 22.3 Å². The van der Waals surface area contributed by atoms with Crippen LogP contribution < -0.4 is 10.5 Å². The summed E-state index contributed by atoms with van der Waals surface area (Å²) in [4.78, 5) is 22.2. The largest absolute Gasteiger partial charge is 0.451 e. The van der Waals surface area contributed by atoms with E-state index >= 15 is 4.39 Å². The van der Waals surface area contributed by atoms with Gasteiger partial charge in [-0.2, -0.15) is 13.9 Å². The number of fused-ring (bicyclic) bond motifs is 1. The molecule has 13 heteroatoms. The highest BCUT2D eigenvalue weighted by Gasteiger charge is 2.31. The van der Waals surface area contributed by atoms with E-state index in [1.54, 1.807) is 16.5 Å². The van der Waals surface area contributed by atoms with Crippen LogP contribution in [0.4, 0.5) is 27.8 Å². The number of nitrogens with zero attached hydrogens (tertiary/aromatic N) is 5. The Labute approximate surface area is 212 Å². The van der Waals surface area contributed by atoms with Gasteiger partial charge >= 0.3 is 0 Å². The minimum absolute atomic E-state index is 0.0308. The number of nitrogen functional groups attached to an aromatic ring is 1. The van der Waals surface area contributed by atoms with Gasteiger partial charge in [0.25, 0.3) is 0 Å². The van der Waals surface area contributed by atoms with Crippen molar-refractivity contribution in [3.8, 4) is 22.8 Å². The van der Waals surface area contributed by atoms with Crippen LogP contribution in [0.5, 0.6) is 11.5 Å². The molecule has 0 aliphatic carbocycles. The minimum atomic E-state index is -1.77. The van der Waals surface area contributed by atoms with Crippen LogP contribution in [0.3, 0.4) is 0 Å². The monoisotopic (exact) mass is 530 g/mol. The summed E-state index contributed by atoms with van der Waals surface area (Å²) in [5, 5.41) is 4.80. The Morgan fingerprint density at radius 1 is 1.08 bits per heavy atom. The van der Waals surface area contributed by atoms with Gasteiger partial charge in [0.2, 0.25) is 23.3 Å². The van der Waals surface area contributed by atoms with Crippen LogP contribution in [0, 0.1) is 29.1 Å². The molecule has 38 heavy (non-hydrogen) atoms. The van der Waals surface area contributed by atoms with Gasteiger partial charge in [-0.3, -0.25) is 4.79 Å². The van der Waals surface area contributed by atoms with Crippen molar-refractivity contribution < 1.29 is 31.5 Å². The molecule has 1 saturated heterocycles. The fraction of sp³-hybridized carbons (Fsp3) is 0.200. The van der Waals surface area contributed by atoms with Gasteiger partial charge in [-0.25, -0.2) is 27.8 Å². The second-order valence-electron chi connectivity index (χ2n) is 8.77. The van der Waals surface area contributed by atoms with E-state index in [0.29, 0.717) is 30.7 Å². The van der Waals surface area contributed by atoms with Crippen LogP contribution in [0.15, 0.2) is 42.7 Å². The molecule has 1 fully saturated rings. The summed E-state index contributed by atoms with van der Waals surface area (Å²) in [6.07, 6.45) is 1.79. The van der Waals surface area contributed by atoms with Gasteiger partial charge in [-0.1, -0.05) is 6.58 Å². The van der Waals surface area contributed by atoms with Gasteiger partial charge in [0.1, 0.15) is 29.4 Å². The average Bonchev–Trinajstić information content (AvgIpc) is 3.51. The molecular formula is C25H19F5N6O2. The Morgan fingerprint density at radius 3 is 2.45 bits per heavy atom. The predicted molar refractivity (Wildman–Crippen MR) is 127 cm³/mol. The van der Waals surface area contributed by atoms with E-state index in [9.17, 15) is 22.4 Å². The number of halogens is 5. The van der Waals surface area contributed by atoms with Gasteiger partial charge in [0.15, 0.2) is 17.3 Å². The lowest BCUT2D eigenvalue weighted by molar-refractivity contribution is -0.126. The van der Waals surface area contributed by atoms with Gasteiger partial charge in [-0.05, 0) is 25.5 Å². The molecule has 1 aliphatic rings. The second-order valence-corrected chi connectivity index (χ2v) is 8.77. The number of amides is 1. The zero-order valence-corrected chi connectivity index (χ0v) is 19.8. The summed E-state index contributed by atoms with van der Waals surface area (Å²) < 4.78 is 76.8. The second kappa shape index (κ2) is 9.39. The van der Waals surface area contributed by atoms with Gasteiger partial charge in [0, 0.05) is 36.4 Å². The van der Waals surface area contributed by atoms with Crippen LogP contribution in [0.2, 0.25) is 0 Å². The third kappa shape index (κ3) is 4.19. The first kappa shape index (κ1) is 25.1. The van der Waals surface area contributed by atoms with Crippen LogP contribution in [0.1, 0.15) is 19.4 Å². The Hall–Kier alpha value is -4.55. The number of hydrogen-bond donors (Lipinski definition) is 1. The lowest BCUT2D eigenvalue weighted by Crippen LogP contribution is -2.29. The third-order valence-corrected chi connectivity index (χ3v) is 6.17. The molecule has 2 aromatic heterocycles. The maximum atomic E-state index is 15.3. The molecule has 5 rings (SSSR count). The SMILES string of the molecule is C=C(C)C(=O)N1CC[C@@H](n2nc(-c3ccc(Oc4c(F)c(F)cc(F)c4F)cc3F)c3c(N)ncnc32)C1. The highest BCUT2D eigenvalue weighted by Crippen LogP contribution is 2.37. The van der Waals surface area contributed by atoms with Gasteiger partial charge < -0.3 is 15.4 Å². The fourth-order valence-corrected chi connectivity index (χ4v) is 4.34. The zero-order valence-electron chi connectivity index (χ0n) is 19.8. The molecule has 0 radical (unpaired) electrons. The molecule has 8 nitrogen and oxygen atoms in total. The first-order valence-electron chi connectivity index (χ1n) is 11.3. The summed E-state index contributed by atoms with van der Waals surface area (Å²) in [6.45, 7) is 6.08. The molecule has 1 amide bonds. The normalized spacial score (nSPS) is 15.3. The molecule has 0 spiro atoms. The number of carbonyl (C=O) groups excluding carboxylic acids is 1. The van der Waals surface area contributed by atoms with E-state index in [1.165, 1.54) is 12.4 Å². The van der Waals surface area contributed by atoms with Crippen molar-refractivity contribution in [2.24, 2.45) is 0 Å². The number of ether oxygens (including phenoxy) is 1. The smallest absolute Gasteiger partial charge is 0.248 e. The molecule has 1 atom stereocenters. The number of aromatic nitrogens is 4. The summed E-state index contributed by atoms with van der Waals surface area (Å²) in [5.74, 6) is -9.73. The van der Waals surface area contributed by atoms with Crippen molar-refractivity contribution in [2.45, 2.75) is 19.4 Å². The Balaban J connectivity index is 1.53. The Morgan fingerprint density at radius 2 is 1.79 bits per heavy atom. The Bertz CT molecular complexity index is 1600. The minimum Gasteiger partial charge on any atom is -0.451 e. The predicted octanol–water partition coefficient (Wildman–Crippen LogP) is 4.91. The van der Waals surface area contributed by atoms with Crippen molar-refractivity contribution in [1.82, 2.24) is 24.6 Å². The molecule has 4 aromatic rings. The highest BCUT2D eigenvalue weighted by atomic mass is 19.2. The standard InChI is InChI=1S/C25H19F5N6O2/c1-11(2)25(37)35-6-5-12(9-35)36-24-18(23(31)32-10-33-24)21(34-36)14-4-3-13(7-15(14)26)38-22-19(29)16(27)8-17(28)20(22)30/h3-4,7-8,10,12H,1,5-6,9H2,2H3,(H2,31,32,33)/t12-/m1/s1. The van der Waals surface area contributed by atoms with Crippen molar-refractivity contribution >= 4 is 22.8 Å². The fourth-order valence-electron chi connectivity index (χ4n) is 4.34. The number of nitrogens with two attached hydrogens (primary N) is 1. The molecule has 0 bridgehead atoms. The molecule has 0 unspecified atom stereocenters. The number of likely N-dealkylation sites (tertiary alicyclic amines) is 1. The lowest BCUT2D eigenvalue weighted by Gasteiger charge is -2.16. The topological polar surface area (TPSA) is 99.2 Å². The van der Waals surface area contributed by atoms with E-state index in [4.69, 9.17) is 10.5 Å². The third-order valence-electron chi connectivity index (χ3n) is 6.17. The molecule has 0 saturated carbocycles. The van der Waals surface area contributed by atoms with E-state index in [2.05, 4.69) is 21.6 Å². The number of benzene rings is 2. The van der Waals surface area contributed by atoms with Crippen molar-refractivity contribution in [2.75, 3.05) is 18.8 Å². The quantitative estimate of drug-likeness (QED) is 0.224. The van der Waals surface area contributed by atoms with E-state index in [1.807, 2.05) is 0 Å². The molecule has 2 aromatic carbocycles. The van der Waals surface area contributed by atoms with Crippen LogP contribution in [-0.4, -0.2) is 43.6 Å². The number of anilines is 1. The summed E-state index contributed by atoms with van der Waals surface area (Å²) in [7, 11) is 0. The molecular weight excluding hydrogens is 511 g/mol. The van der Waals surface area contributed by atoms with E-state index in [0.717, 1.165) is 12.1 Å². The molecule has 196 valence electrons. The van der Waals surface area contributed by atoms with E-state index < -0.39 is 40.6 Å². The average molecular weight is 530 g/mol. The van der Waals surface area contributed by atoms with Crippen molar-refractivity contribution in [1.29, 1.82) is 0 Å². The lowest BCUT2D eigenvalue weighted by atomic mass is 10.1. The van der Waals surface area contributed by atoms with Crippen molar-refractivity contribution in [3.05, 3.63) is 71.8 Å². The summed E-state index contributed by atoms with van der Waals surface area (Å²) in [5.41, 5.74) is 6.82. The number of rotatable bonds is 5. The first-order valence-corrected chi connectivity index (χ1v) is 11.3. The van der Waals surface area contributed by atoms with Gasteiger partial charge in [0.05, 0.1) is 11.4 Å². The molecule has 1 aliphatic heterocycles. The number of carbonyl (C=O) groups is 1. The first-order chi connectivity index (χ1) is 18.1. The number of hydrogen-bond acceptors (Lipinski definition) is 6. The highest BCUT2D eigenvalue weighted by molar-refractivity contribution is 5.98. The maximum Gasteiger partial charge on any atom is 0.248 e. The Kier molecular flexibility index (Phi) is 6.21. The van der Waals surface area contributed by atoms with Gasteiger partial charge in [-0.15, -0.1) is 0 Å². The molecule has 3 heterocycles. The zero-order chi connectivity index (χ0) is 27.3. The summed E-state index contributed by atoms with van der Waals surface area (Å²) >= 11 is 0. The maximum absolute atomic E-state index is 15.3. The van der Waals surface area contributed by atoms with Crippen LogP contribution in [-0.2, 0) is 4.79 Å². The summed E-state index contributed by atoms with van der Waals surface area (Å²) in [6, 6.07) is 2.88. The van der Waals surface area contributed by atoms with E-state index in [-0.39, 0.29) is 40.5 Å². The van der Waals surface area contributed by atoms with Crippen LogP contribution >= 0.6 is 0 Å². The molecule has 2 N–H and O–H groups in total. The van der Waals surface area contributed by atoms with Crippen molar-refractivity contribution in [3.63, 3.8) is 0 Å².